The molecule has 2 heterocycles. The first-order chi connectivity index (χ1) is 13.2. The number of rotatable bonds is 5. The van der Waals surface area contributed by atoms with Crippen molar-refractivity contribution in [2.75, 3.05) is 11.1 Å². The molecule has 0 unspecified atom stereocenters. The van der Waals surface area contributed by atoms with E-state index in [-0.39, 0.29) is 11.7 Å². The number of aromatic nitrogens is 4. The van der Waals surface area contributed by atoms with Crippen LogP contribution in [-0.2, 0) is 4.79 Å². The van der Waals surface area contributed by atoms with Crippen LogP contribution in [-0.4, -0.2) is 31.6 Å². The molecule has 2 aromatic carbocycles. The molecule has 0 fully saturated rings. The number of carbonyl (C=O) groups is 1. The summed E-state index contributed by atoms with van der Waals surface area (Å²) in [6.07, 6.45) is 3.42. The molecule has 0 saturated carbocycles. The zero-order valence-electron chi connectivity index (χ0n) is 14.0. The van der Waals surface area contributed by atoms with E-state index in [1.54, 1.807) is 42.7 Å². The first-order valence-electron chi connectivity index (χ1n) is 8.13. The molecular weight excluding hydrogens is 382 g/mol. The highest BCUT2D eigenvalue weighted by Gasteiger charge is 2.09. The van der Waals surface area contributed by atoms with E-state index in [4.69, 9.17) is 11.6 Å². The number of halogens is 1. The fourth-order valence-electron chi connectivity index (χ4n) is 2.51. The lowest BCUT2D eigenvalue weighted by Crippen LogP contribution is -2.13. The van der Waals surface area contributed by atoms with Crippen LogP contribution < -0.4 is 5.32 Å². The van der Waals surface area contributed by atoms with Gasteiger partial charge in [-0.1, -0.05) is 23.4 Å². The molecule has 0 saturated heterocycles. The van der Waals surface area contributed by atoms with Crippen molar-refractivity contribution in [3.05, 3.63) is 65.9 Å². The molecular formula is C19H14ClN5OS. The minimum absolute atomic E-state index is 0.110. The van der Waals surface area contributed by atoms with Crippen molar-refractivity contribution in [2.24, 2.45) is 0 Å². The quantitative estimate of drug-likeness (QED) is 0.489. The zero-order chi connectivity index (χ0) is 18.6. The molecule has 0 radical (unpaired) electrons. The molecule has 8 heteroatoms. The van der Waals surface area contributed by atoms with Gasteiger partial charge in [-0.3, -0.25) is 4.79 Å². The molecule has 0 aliphatic heterocycles. The highest BCUT2D eigenvalue weighted by atomic mass is 35.5. The Labute approximate surface area is 164 Å². The summed E-state index contributed by atoms with van der Waals surface area (Å²) < 4.78 is 0. The van der Waals surface area contributed by atoms with E-state index in [2.05, 4.69) is 25.3 Å². The van der Waals surface area contributed by atoms with Crippen molar-refractivity contribution >= 4 is 46.0 Å². The van der Waals surface area contributed by atoms with E-state index in [0.29, 0.717) is 21.7 Å². The van der Waals surface area contributed by atoms with Crippen LogP contribution in [0.2, 0.25) is 5.02 Å². The van der Waals surface area contributed by atoms with Crippen LogP contribution in [0.1, 0.15) is 0 Å². The van der Waals surface area contributed by atoms with Gasteiger partial charge >= 0.3 is 0 Å². The Morgan fingerprint density at radius 1 is 1.11 bits per heavy atom. The van der Waals surface area contributed by atoms with Crippen LogP contribution in [0.4, 0.5) is 5.69 Å². The lowest BCUT2D eigenvalue weighted by Gasteiger charge is -2.04. The van der Waals surface area contributed by atoms with Crippen molar-refractivity contribution in [2.45, 2.75) is 5.16 Å². The van der Waals surface area contributed by atoms with Gasteiger partial charge < -0.3 is 10.3 Å². The van der Waals surface area contributed by atoms with Gasteiger partial charge in [0.2, 0.25) is 5.91 Å². The van der Waals surface area contributed by atoms with Gasteiger partial charge in [-0.05, 0) is 48.5 Å². The lowest BCUT2D eigenvalue weighted by molar-refractivity contribution is -0.113. The van der Waals surface area contributed by atoms with Gasteiger partial charge in [-0.25, -0.2) is 15.0 Å². The van der Waals surface area contributed by atoms with Crippen molar-refractivity contribution in [1.82, 2.24) is 19.9 Å². The molecule has 2 aromatic heterocycles. The molecule has 2 N–H and O–H groups in total. The first-order valence-corrected chi connectivity index (χ1v) is 9.49. The predicted molar refractivity (Wildman–Crippen MR) is 108 cm³/mol. The third kappa shape index (κ3) is 4.27. The molecule has 0 aliphatic rings. The fourth-order valence-corrected chi connectivity index (χ4v) is 3.32. The smallest absolute Gasteiger partial charge is 0.234 e. The maximum atomic E-state index is 12.1. The molecule has 4 aromatic rings. The van der Waals surface area contributed by atoms with Crippen LogP contribution in [0.5, 0.6) is 0 Å². The second kappa shape index (κ2) is 7.77. The average molecular weight is 396 g/mol. The maximum Gasteiger partial charge on any atom is 0.234 e. The molecule has 0 spiro atoms. The van der Waals surface area contributed by atoms with Crippen molar-refractivity contribution in [3.63, 3.8) is 0 Å². The van der Waals surface area contributed by atoms with Crippen LogP contribution >= 0.6 is 23.4 Å². The molecule has 1 amide bonds. The first kappa shape index (κ1) is 17.5. The molecule has 0 bridgehead atoms. The van der Waals surface area contributed by atoms with Crippen LogP contribution in [0.3, 0.4) is 0 Å². The molecule has 134 valence electrons. The monoisotopic (exact) mass is 395 g/mol. The predicted octanol–water partition coefficient (Wildman–Crippen LogP) is 4.40. The van der Waals surface area contributed by atoms with Gasteiger partial charge in [0.05, 0.1) is 16.8 Å². The summed E-state index contributed by atoms with van der Waals surface area (Å²) in [5.74, 6) is 0.795. The second-order valence-electron chi connectivity index (χ2n) is 5.69. The number of nitrogens with one attached hydrogen (secondary N) is 2. The lowest BCUT2D eigenvalue weighted by atomic mass is 10.2. The number of aromatic amines is 1. The van der Waals surface area contributed by atoms with Gasteiger partial charge in [0.15, 0.2) is 11.0 Å². The van der Waals surface area contributed by atoms with Crippen LogP contribution in [0, 0.1) is 0 Å². The average Bonchev–Trinajstić information content (AvgIpc) is 3.11. The van der Waals surface area contributed by atoms with Gasteiger partial charge in [-0.15, -0.1) is 0 Å². The number of hydrogen-bond donors (Lipinski definition) is 2. The number of anilines is 1. The largest absolute Gasteiger partial charge is 0.333 e. The fraction of sp³-hybridized carbons (Fsp3) is 0.0526. The Kier molecular flexibility index (Phi) is 5.04. The third-order valence-corrected chi connectivity index (χ3v) is 4.88. The van der Waals surface area contributed by atoms with E-state index in [9.17, 15) is 4.79 Å². The summed E-state index contributed by atoms with van der Waals surface area (Å²) in [6, 6.07) is 14.6. The SMILES string of the molecule is O=C(CSc1nc2ccc(-c3ncccn3)cc2[nH]1)Nc1ccc(Cl)cc1. The summed E-state index contributed by atoms with van der Waals surface area (Å²) in [4.78, 5) is 28.4. The van der Waals surface area contributed by atoms with Crippen molar-refractivity contribution in [3.8, 4) is 11.4 Å². The minimum atomic E-state index is -0.110. The molecule has 6 nitrogen and oxygen atoms in total. The zero-order valence-corrected chi connectivity index (χ0v) is 15.6. The summed E-state index contributed by atoms with van der Waals surface area (Å²) in [7, 11) is 0. The summed E-state index contributed by atoms with van der Waals surface area (Å²) in [6.45, 7) is 0. The van der Waals surface area contributed by atoms with E-state index in [0.717, 1.165) is 16.6 Å². The summed E-state index contributed by atoms with van der Waals surface area (Å²) >= 11 is 7.18. The number of fused-ring (bicyclic) bond motifs is 1. The van der Waals surface area contributed by atoms with Gasteiger partial charge in [-0.2, -0.15) is 0 Å². The van der Waals surface area contributed by atoms with E-state index < -0.39 is 0 Å². The number of hydrogen-bond acceptors (Lipinski definition) is 5. The summed E-state index contributed by atoms with van der Waals surface area (Å²) in [5.41, 5.74) is 3.32. The Balaban J connectivity index is 1.43. The van der Waals surface area contributed by atoms with Crippen molar-refractivity contribution < 1.29 is 4.79 Å². The summed E-state index contributed by atoms with van der Waals surface area (Å²) in [5, 5.41) is 4.14. The number of amides is 1. The van der Waals surface area contributed by atoms with E-state index in [1.807, 2.05) is 18.2 Å². The highest BCUT2D eigenvalue weighted by Crippen LogP contribution is 2.24. The van der Waals surface area contributed by atoms with Gasteiger partial charge in [0.1, 0.15) is 0 Å². The van der Waals surface area contributed by atoms with Crippen LogP contribution in [0.25, 0.3) is 22.4 Å². The van der Waals surface area contributed by atoms with Crippen LogP contribution in [0.15, 0.2) is 66.1 Å². The Morgan fingerprint density at radius 2 is 1.89 bits per heavy atom. The second-order valence-corrected chi connectivity index (χ2v) is 7.09. The topological polar surface area (TPSA) is 83.6 Å². The Bertz CT molecular complexity index is 1080. The van der Waals surface area contributed by atoms with Crippen molar-refractivity contribution in [1.29, 1.82) is 0 Å². The standard InChI is InChI=1S/C19H14ClN5OS/c20-13-3-5-14(6-4-13)23-17(26)11-27-19-24-15-7-2-12(10-16(15)25-19)18-21-8-1-9-22-18/h1-10H,11H2,(H,23,26)(H,24,25). The van der Waals surface area contributed by atoms with E-state index in [1.165, 1.54) is 11.8 Å². The number of carbonyl (C=O) groups excluding carboxylic acids is 1. The number of benzene rings is 2. The number of imidazole rings is 1. The number of thioether (sulfide) groups is 1. The molecule has 4 rings (SSSR count). The maximum absolute atomic E-state index is 12.1. The minimum Gasteiger partial charge on any atom is -0.333 e. The molecule has 0 aliphatic carbocycles. The number of nitrogens with zero attached hydrogens (tertiary/aromatic N) is 3. The number of H-pyrrole nitrogens is 1. The Hall–Kier alpha value is -2.90. The third-order valence-electron chi connectivity index (χ3n) is 3.75. The molecule has 27 heavy (non-hydrogen) atoms. The molecule has 0 atom stereocenters. The van der Waals surface area contributed by atoms with Gasteiger partial charge in [0.25, 0.3) is 0 Å². The van der Waals surface area contributed by atoms with E-state index >= 15 is 0 Å². The normalized spacial score (nSPS) is 10.9. The highest BCUT2D eigenvalue weighted by molar-refractivity contribution is 7.99. The Morgan fingerprint density at radius 3 is 2.67 bits per heavy atom. The van der Waals surface area contributed by atoms with Gasteiger partial charge in [0, 0.05) is 28.7 Å².